The molecule has 0 aliphatic heterocycles. The van der Waals surface area contributed by atoms with Crippen LogP contribution in [0.2, 0.25) is 0 Å². The number of carbonyl (C=O) groups excluding carboxylic acids is 1. The second-order valence-corrected chi connectivity index (χ2v) is 6.99. The Hall–Kier alpha value is -3.60. The van der Waals surface area contributed by atoms with Crippen molar-refractivity contribution in [2.45, 2.75) is 13.0 Å². The van der Waals surface area contributed by atoms with Gasteiger partial charge in [-0.1, -0.05) is 54.6 Å². The van der Waals surface area contributed by atoms with E-state index in [4.69, 9.17) is 9.47 Å². The summed E-state index contributed by atoms with van der Waals surface area (Å²) in [4.78, 5) is 18.2. The number of rotatable bonds is 9. The van der Waals surface area contributed by atoms with Crippen molar-refractivity contribution in [1.29, 1.82) is 0 Å². The van der Waals surface area contributed by atoms with Gasteiger partial charge >= 0.3 is 5.97 Å². The molecule has 3 aromatic rings. The SMILES string of the molecule is CN(C)c1ccc(/C=C/c2ccc(OCCC(=O)OCc3ccccc3)nc2)cc1. The highest BCUT2D eigenvalue weighted by Crippen LogP contribution is 2.15. The van der Waals surface area contributed by atoms with E-state index in [9.17, 15) is 4.79 Å². The molecule has 1 heterocycles. The number of anilines is 1. The van der Waals surface area contributed by atoms with Gasteiger partial charge in [0.2, 0.25) is 5.88 Å². The number of benzene rings is 2. The number of ether oxygens (including phenoxy) is 2. The Morgan fingerprint density at radius 2 is 1.63 bits per heavy atom. The zero-order chi connectivity index (χ0) is 21.2. The number of esters is 1. The third kappa shape index (κ3) is 6.78. The molecule has 0 saturated heterocycles. The number of nitrogens with zero attached hydrogens (tertiary/aromatic N) is 2. The number of hydrogen-bond donors (Lipinski definition) is 0. The standard InChI is InChI=1S/C25H26N2O3/c1-27(2)23-13-10-20(11-14-23)8-9-21-12-15-24(26-18-21)29-17-16-25(28)30-19-22-6-4-3-5-7-22/h3-15,18H,16-17,19H2,1-2H3/b9-8+. The maximum atomic E-state index is 11.8. The minimum absolute atomic E-state index is 0.180. The molecule has 0 radical (unpaired) electrons. The Kier molecular flexibility index (Phi) is 7.61. The highest BCUT2D eigenvalue weighted by molar-refractivity contribution is 5.70. The predicted molar refractivity (Wildman–Crippen MR) is 120 cm³/mol. The van der Waals surface area contributed by atoms with Crippen LogP contribution in [-0.4, -0.2) is 31.7 Å². The molecule has 0 N–H and O–H groups in total. The predicted octanol–water partition coefficient (Wildman–Crippen LogP) is 4.83. The van der Waals surface area contributed by atoms with Crippen molar-refractivity contribution in [3.63, 3.8) is 0 Å². The van der Waals surface area contributed by atoms with Gasteiger partial charge in [0.05, 0.1) is 6.42 Å². The van der Waals surface area contributed by atoms with Crippen molar-refractivity contribution in [2.24, 2.45) is 0 Å². The molecule has 5 nitrogen and oxygen atoms in total. The van der Waals surface area contributed by atoms with Crippen LogP contribution in [0.5, 0.6) is 5.88 Å². The molecule has 30 heavy (non-hydrogen) atoms. The first-order valence-electron chi connectivity index (χ1n) is 9.84. The van der Waals surface area contributed by atoms with Gasteiger partial charge in [-0.2, -0.15) is 0 Å². The first kappa shape index (κ1) is 21.1. The van der Waals surface area contributed by atoms with Gasteiger partial charge in [-0.3, -0.25) is 4.79 Å². The Morgan fingerprint density at radius 1 is 0.933 bits per heavy atom. The van der Waals surface area contributed by atoms with Crippen LogP contribution in [0.4, 0.5) is 5.69 Å². The first-order valence-corrected chi connectivity index (χ1v) is 9.84. The molecule has 3 rings (SSSR count). The van der Waals surface area contributed by atoms with Crippen LogP contribution in [0.25, 0.3) is 12.2 Å². The summed E-state index contributed by atoms with van der Waals surface area (Å²) in [5.74, 6) is 0.192. The highest BCUT2D eigenvalue weighted by atomic mass is 16.5. The van der Waals surface area contributed by atoms with Crippen LogP contribution in [0, 0.1) is 0 Å². The minimum Gasteiger partial charge on any atom is -0.477 e. The fourth-order valence-electron chi connectivity index (χ4n) is 2.70. The Balaban J connectivity index is 1.41. The van der Waals surface area contributed by atoms with Crippen molar-refractivity contribution >= 4 is 23.8 Å². The molecule has 0 unspecified atom stereocenters. The summed E-state index contributed by atoms with van der Waals surface area (Å²) in [7, 11) is 4.04. The van der Waals surface area contributed by atoms with Crippen molar-refractivity contribution in [1.82, 2.24) is 4.98 Å². The van der Waals surface area contributed by atoms with Crippen LogP contribution in [0.3, 0.4) is 0 Å². The monoisotopic (exact) mass is 402 g/mol. The van der Waals surface area contributed by atoms with Crippen molar-refractivity contribution in [2.75, 3.05) is 25.6 Å². The summed E-state index contributed by atoms with van der Waals surface area (Å²) in [5, 5.41) is 0. The molecule has 1 aromatic heterocycles. The molecule has 2 aromatic carbocycles. The second kappa shape index (κ2) is 10.8. The second-order valence-electron chi connectivity index (χ2n) is 6.99. The molecule has 0 atom stereocenters. The average Bonchev–Trinajstić information content (AvgIpc) is 2.78. The normalized spacial score (nSPS) is 10.7. The lowest BCUT2D eigenvalue weighted by molar-refractivity contribution is -0.145. The number of aromatic nitrogens is 1. The molecular formula is C25H26N2O3. The highest BCUT2D eigenvalue weighted by Gasteiger charge is 2.05. The van der Waals surface area contributed by atoms with E-state index < -0.39 is 0 Å². The fourth-order valence-corrected chi connectivity index (χ4v) is 2.70. The maximum absolute atomic E-state index is 11.8. The lowest BCUT2D eigenvalue weighted by Crippen LogP contribution is -2.10. The van der Waals surface area contributed by atoms with E-state index in [2.05, 4.69) is 34.1 Å². The van der Waals surface area contributed by atoms with Gasteiger partial charge in [0.15, 0.2) is 0 Å². The lowest BCUT2D eigenvalue weighted by atomic mass is 10.1. The third-order valence-corrected chi connectivity index (χ3v) is 4.44. The smallest absolute Gasteiger partial charge is 0.309 e. The van der Waals surface area contributed by atoms with Crippen molar-refractivity contribution in [3.8, 4) is 5.88 Å². The molecule has 0 saturated carbocycles. The number of hydrogen-bond acceptors (Lipinski definition) is 5. The summed E-state index contributed by atoms with van der Waals surface area (Å²) in [6.45, 7) is 0.505. The molecule has 0 aliphatic carbocycles. The van der Waals surface area contributed by atoms with Crippen LogP contribution in [0.1, 0.15) is 23.1 Å². The fraction of sp³-hybridized carbons (Fsp3) is 0.200. The molecule has 0 bridgehead atoms. The van der Waals surface area contributed by atoms with Gasteiger partial charge in [-0.15, -0.1) is 0 Å². The van der Waals surface area contributed by atoms with Gasteiger partial charge in [-0.25, -0.2) is 4.98 Å². The van der Waals surface area contributed by atoms with Gasteiger partial charge < -0.3 is 14.4 Å². The molecule has 0 spiro atoms. The maximum Gasteiger partial charge on any atom is 0.309 e. The lowest BCUT2D eigenvalue weighted by Gasteiger charge is -2.11. The van der Waals surface area contributed by atoms with Crippen LogP contribution >= 0.6 is 0 Å². The first-order chi connectivity index (χ1) is 14.6. The van der Waals surface area contributed by atoms with E-state index in [1.54, 1.807) is 12.3 Å². The summed E-state index contributed by atoms with van der Waals surface area (Å²) >= 11 is 0. The quantitative estimate of drug-likeness (QED) is 0.480. The molecule has 5 heteroatoms. The zero-order valence-corrected chi connectivity index (χ0v) is 17.3. The van der Waals surface area contributed by atoms with E-state index in [1.165, 1.54) is 5.69 Å². The minimum atomic E-state index is -0.293. The van der Waals surface area contributed by atoms with Crippen LogP contribution in [-0.2, 0) is 16.1 Å². The summed E-state index contributed by atoms with van der Waals surface area (Å²) in [6, 6.07) is 21.6. The summed E-state index contributed by atoms with van der Waals surface area (Å²) in [6.07, 6.45) is 5.97. The molecular weight excluding hydrogens is 376 g/mol. The van der Waals surface area contributed by atoms with Crippen LogP contribution < -0.4 is 9.64 Å². The van der Waals surface area contributed by atoms with Gasteiger partial charge in [0, 0.05) is 32.0 Å². The number of carbonyl (C=O) groups is 1. The Bertz CT molecular complexity index is 950. The topological polar surface area (TPSA) is 51.7 Å². The third-order valence-electron chi connectivity index (χ3n) is 4.44. The van der Waals surface area contributed by atoms with Crippen LogP contribution in [0.15, 0.2) is 72.9 Å². The molecule has 0 aliphatic rings. The summed E-state index contributed by atoms with van der Waals surface area (Å²) < 4.78 is 10.8. The average molecular weight is 402 g/mol. The van der Waals surface area contributed by atoms with E-state index in [0.717, 1.165) is 16.7 Å². The zero-order valence-electron chi connectivity index (χ0n) is 17.3. The van der Waals surface area contributed by atoms with E-state index in [0.29, 0.717) is 5.88 Å². The van der Waals surface area contributed by atoms with E-state index in [-0.39, 0.29) is 25.6 Å². The van der Waals surface area contributed by atoms with Gasteiger partial charge in [0.25, 0.3) is 0 Å². The number of pyridine rings is 1. The Morgan fingerprint density at radius 3 is 2.30 bits per heavy atom. The van der Waals surface area contributed by atoms with E-state index >= 15 is 0 Å². The largest absolute Gasteiger partial charge is 0.477 e. The van der Waals surface area contributed by atoms with Crippen molar-refractivity contribution < 1.29 is 14.3 Å². The van der Waals surface area contributed by atoms with Gasteiger partial charge in [-0.05, 0) is 34.9 Å². The van der Waals surface area contributed by atoms with Crippen molar-refractivity contribution in [3.05, 3.63) is 89.6 Å². The molecule has 0 fully saturated rings. The van der Waals surface area contributed by atoms with Gasteiger partial charge in [0.1, 0.15) is 13.2 Å². The van der Waals surface area contributed by atoms with E-state index in [1.807, 2.05) is 62.6 Å². The molecule has 154 valence electrons. The summed E-state index contributed by atoms with van der Waals surface area (Å²) in [5.41, 5.74) is 4.22. The molecule has 0 amide bonds. The Labute approximate surface area is 177 Å².